The second-order valence-electron chi connectivity index (χ2n) is 7.51. The molecule has 35 heavy (non-hydrogen) atoms. The van der Waals surface area contributed by atoms with Crippen LogP contribution in [0.25, 0.3) is 5.41 Å². The zero-order valence-corrected chi connectivity index (χ0v) is 20.4. The zero-order valence-electron chi connectivity index (χ0n) is 20.4. The number of methoxy groups -OCH3 is 1. The van der Waals surface area contributed by atoms with Crippen LogP contribution in [0, 0.1) is 13.8 Å². The Morgan fingerprint density at radius 1 is 1.06 bits per heavy atom. The SMILES string of the molecule is COc1ccc(C(=[N-])N=[C-]c2ccccc2)cc1C.[CH2-]C(=O)N1CCN(c2ncccn2)CC1.[Li+]. The van der Waals surface area contributed by atoms with Crippen LogP contribution in [0.4, 0.5) is 5.95 Å². The minimum atomic E-state index is -0.108. The van der Waals surface area contributed by atoms with Crippen LogP contribution in [0.1, 0.15) is 16.7 Å². The van der Waals surface area contributed by atoms with Crippen molar-refractivity contribution in [1.82, 2.24) is 14.9 Å². The van der Waals surface area contributed by atoms with E-state index in [2.05, 4.69) is 33.0 Å². The molecule has 1 saturated heterocycles. The van der Waals surface area contributed by atoms with E-state index in [1.165, 1.54) is 0 Å². The van der Waals surface area contributed by atoms with Crippen molar-refractivity contribution in [3.63, 3.8) is 0 Å². The molecule has 2 heterocycles. The summed E-state index contributed by atoms with van der Waals surface area (Å²) >= 11 is 0. The second-order valence-corrected chi connectivity index (χ2v) is 7.51. The minimum absolute atomic E-state index is 0. The van der Waals surface area contributed by atoms with E-state index < -0.39 is 0 Å². The number of aliphatic imine (C=N–C) groups is 1. The molecule has 8 nitrogen and oxygen atoms in total. The van der Waals surface area contributed by atoms with Crippen molar-refractivity contribution in [3.8, 4) is 5.75 Å². The first-order valence-electron chi connectivity index (χ1n) is 10.8. The maximum absolute atomic E-state index is 11.0. The molecule has 9 heteroatoms. The predicted octanol–water partition coefficient (Wildman–Crippen LogP) is 0.279. The van der Waals surface area contributed by atoms with Crippen LogP contribution in [0.3, 0.4) is 0 Å². The Morgan fingerprint density at radius 2 is 1.71 bits per heavy atom. The fourth-order valence-corrected chi connectivity index (χ4v) is 3.32. The fourth-order valence-electron chi connectivity index (χ4n) is 3.32. The van der Waals surface area contributed by atoms with Crippen molar-refractivity contribution in [2.45, 2.75) is 6.92 Å². The summed E-state index contributed by atoms with van der Waals surface area (Å²) in [7, 11) is 1.62. The molecule has 1 fully saturated rings. The van der Waals surface area contributed by atoms with Crippen molar-refractivity contribution < 1.29 is 28.4 Å². The molecule has 176 valence electrons. The van der Waals surface area contributed by atoms with Gasteiger partial charge in [-0.1, -0.05) is 23.8 Å². The van der Waals surface area contributed by atoms with Crippen molar-refractivity contribution in [3.05, 3.63) is 96.0 Å². The van der Waals surface area contributed by atoms with Crippen LogP contribution >= 0.6 is 0 Å². The smallest absolute Gasteiger partial charge is 0.536 e. The number of carbonyl (C=O) groups is 1. The molecule has 0 spiro atoms. The van der Waals surface area contributed by atoms with Gasteiger partial charge in [0.2, 0.25) is 5.95 Å². The molecular weight excluding hydrogens is 435 g/mol. The van der Waals surface area contributed by atoms with Crippen molar-refractivity contribution in [2.75, 3.05) is 38.2 Å². The van der Waals surface area contributed by atoms with Crippen LogP contribution in [-0.2, 0) is 4.79 Å². The van der Waals surface area contributed by atoms with E-state index in [4.69, 9.17) is 4.74 Å². The standard InChI is InChI=1S/C16H14N2O.C10H13N4O.Li/c1-12-10-14(8-9-15(12)19-2)16(17)18-11-13-6-4-3-5-7-13;1-9(15)13-5-7-14(8-6-13)10-11-3-2-4-12-10;/h3-10H,1-2H3;2-4H,1,5-8H2;/q-2;-1;+1. The van der Waals surface area contributed by atoms with E-state index in [-0.39, 0.29) is 30.6 Å². The first-order valence-corrected chi connectivity index (χ1v) is 10.8. The topological polar surface area (TPSA) is 93.2 Å². The van der Waals surface area contributed by atoms with Gasteiger partial charge in [0.15, 0.2) is 0 Å². The number of rotatable bonds is 4. The monoisotopic (exact) mass is 462 g/mol. The number of aromatic nitrogens is 2. The molecule has 1 amide bonds. The first-order chi connectivity index (χ1) is 16.5. The van der Waals surface area contributed by atoms with Crippen LogP contribution in [0.15, 0.2) is 72.0 Å². The van der Waals surface area contributed by atoms with Crippen LogP contribution in [-0.4, -0.2) is 66.1 Å². The van der Waals surface area contributed by atoms with Gasteiger partial charge in [-0.3, -0.25) is 0 Å². The Balaban J connectivity index is 0.000000246. The largest absolute Gasteiger partial charge is 1.00 e. The summed E-state index contributed by atoms with van der Waals surface area (Å²) in [5.74, 6) is 1.35. The molecule has 4 rings (SSSR count). The molecule has 0 unspecified atom stereocenters. The number of benzene rings is 2. The molecule has 1 aromatic heterocycles. The van der Waals surface area contributed by atoms with Gasteiger partial charge in [-0.25, -0.2) is 9.97 Å². The third kappa shape index (κ3) is 8.28. The van der Waals surface area contributed by atoms with Gasteiger partial charge in [-0.2, -0.15) is 11.8 Å². The molecule has 0 bridgehead atoms. The van der Waals surface area contributed by atoms with Crippen molar-refractivity contribution in [1.29, 1.82) is 0 Å². The summed E-state index contributed by atoms with van der Waals surface area (Å²) in [5.41, 5.74) is 2.41. The average Bonchev–Trinajstić information content (AvgIpc) is 2.89. The normalized spacial score (nSPS) is 12.9. The van der Waals surface area contributed by atoms with Gasteiger partial charge in [0.25, 0.3) is 0 Å². The predicted molar refractivity (Wildman–Crippen MR) is 134 cm³/mol. The summed E-state index contributed by atoms with van der Waals surface area (Å²) in [6.45, 7) is 8.24. The summed E-state index contributed by atoms with van der Waals surface area (Å²) < 4.78 is 5.17. The molecule has 2 aromatic carbocycles. The summed E-state index contributed by atoms with van der Waals surface area (Å²) in [6.07, 6.45) is 6.24. The number of aryl methyl sites for hydroxylation is 1. The Morgan fingerprint density at radius 3 is 2.29 bits per heavy atom. The van der Waals surface area contributed by atoms with E-state index in [1.54, 1.807) is 42.6 Å². The summed E-state index contributed by atoms with van der Waals surface area (Å²) in [6, 6.07) is 16.6. The molecule has 0 radical (unpaired) electrons. The van der Waals surface area contributed by atoms with Crippen molar-refractivity contribution in [2.24, 2.45) is 4.99 Å². The molecule has 1 aliphatic rings. The van der Waals surface area contributed by atoms with Crippen LogP contribution in [0.5, 0.6) is 5.75 Å². The van der Waals surface area contributed by atoms with E-state index >= 15 is 0 Å². The number of carbonyl (C=O) groups excluding carboxylic acids is 1. The van der Waals surface area contributed by atoms with Gasteiger partial charge in [0.05, 0.1) is 13.0 Å². The van der Waals surface area contributed by atoms with E-state index in [9.17, 15) is 10.2 Å². The number of amides is 1. The number of hydrogen-bond donors (Lipinski definition) is 0. The number of anilines is 1. The molecule has 0 N–H and O–H groups in total. The Bertz CT molecular complexity index is 1120. The second kappa shape index (κ2) is 13.9. The maximum Gasteiger partial charge on any atom is 1.00 e. The maximum atomic E-state index is 11.0. The Kier molecular flexibility index (Phi) is 11.0. The quantitative estimate of drug-likeness (QED) is 0.240. The number of nitrogens with zero attached hydrogens (tertiary/aromatic N) is 6. The van der Waals surface area contributed by atoms with Gasteiger partial charge in [-0.15, -0.1) is 30.1 Å². The zero-order chi connectivity index (χ0) is 24.3. The molecule has 0 aliphatic carbocycles. The van der Waals surface area contributed by atoms with Gasteiger partial charge >= 0.3 is 18.9 Å². The van der Waals surface area contributed by atoms with Crippen LogP contribution in [0.2, 0.25) is 0 Å². The average molecular weight is 462 g/mol. The Labute approximate surface area is 218 Å². The van der Waals surface area contributed by atoms with Gasteiger partial charge in [-0.05, 0) is 24.6 Å². The fraction of sp³-hybridized carbons (Fsp3) is 0.231. The van der Waals surface area contributed by atoms with Gasteiger partial charge in [0.1, 0.15) is 5.75 Å². The minimum Gasteiger partial charge on any atom is -0.536 e. The molecule has 0 atom stereocenters. The third-order valence-electron chi connectivity index (χ3n) is 5.19. The van der Waals surface area contributed by atoms with Crippen molar-refractivity contribution >= 4 is 23.9 Å². The third-order valence-corrected chi connectivity index (χ3v) is 5.19. The number of hydrogen-bond acceptors (Lipinski definition) is 5. The Hall–Kier alpha value is -3.60. The molecule has 0 saturated carbocycles. The van der Waals surface area contributed by atoms with E-state index in [0.717, 1.165) is 35.9 Å². The van der Waals surface area contributed by atoms with Crippen LogP contribution < -0.4 is 28.5 Å². The summed E-state index contributed by atoms with van der Waals surface area (Å²) in [5, 5.41) is 9.92. The van der Waals surface area contributed by atoms with Gasteiger partial charge < -0.3 is 36.7 Å². The summed E-state index contributed by atoms with van der Waals surface area (Å²) in [4.78, 5) is 27.1. The number of amidine groups is 1. The van der Waals surface area contributed by atoms with E-state index in [1.807, 2.05) is 43.3 Å². The first kappa shape index (κ1) is 27.6. The van der Waals surface area contributed by atoms with Gasteiger partial charge in [0, 0.05) is 38.6 Å². The molecule has 1 aliphatic heterocycles. The number of piperazine rings is 1. The van der Waals surface area contributed by atoms with E-state index in [0.29, 0.717) is 18.7 Å². The molecular formula is C26H27LiN6O2-2. The number of ether oxygens (including phenoxy) is 1. The molecule has 3 aromatic rings.